The van der Waals surface area contributed by atoms with Crippen molar-refractivity contribution in [1.82, 2.24) is 5.32 Å². The molecule has 20 heavy (non-hydrogen) atoms. The summed E-state index contributed by atoms with van der Waals surface area (Å²) >= 11 is 0. The second-order valence-electron chi connectivity index (χ2n) is 6.34. The maximum absolute atomic E-state index is 13.7. The van der Waals surface area contributed by atoms with Gasteiger partial charge < -0.3 is 10.1 Å². The van der Waals surface area contributed by atoms with Crippen molar-refractivity contribution in [3.63, 3.8) is 0 Å². The highest BCUT2D eigenvalue weighted by Crippen LogP contribution is 2.28. The molecule has 0 spiro atoms. The van der Waals surface area contributed by atoms with Crippen molar-refractivity contribution < 1.29 is 9.13 Å². The number of benzene rings is 1. The molecule has 0 amide bonds. The largest absolute Gasteiger partial charge is 0.490 e. The highest BCUT2D eigenvalue weighted by Gasteiger charge is 2.20. The van der Waals surface area contributed by atoms with Gasteiger partial charge >= 0.3 is 0 Å². The summed E-state index contributed by atoms with van der Waals surface area (Å²) in [4.78, 5) is 0. The Hall–Kier alpha value is -1.09. The van der Waals surface area contributed by atoms with E-state index in [4.69, 9.17) is 4.74 Å². The van der Waals surface area contributed by atoms with E-state index in [1.54, 1.807) is 6.07 Å². The van der Waals surface area contributed by atoms with Gasteiger partial charge in [-0.3, -0.25) is 0 Å². The Labute approximate surface area is 121 Å². The standard InChI is InChI=1S/C17H26FNO/c1-12(2)19-11-14-8-15(18)10-17(9-14)20-16-6-4-5-13(3)7-16/h8-10,12-13,16,19H,4-7,11H2,1-3H3. The molecule has 1 N–H and O–H groups in total. The lowest BCUT2D eigenvalue weighted by Gasteiger charge is -2.27. The average molecular weight is 279 g/mol. The first-order chi connectivity index (χ1) is 9.52. The lowest BCUT2D eigenvalue weighted by molar-refractivity contribution is 0.128. The molecule has 3 heteroatoms. The number of hydrogen-bond acceptors (Lipinski definition) is 2. The summed E-state index contributed by atoms with van der Waals surface area (Å²) < 4.78 is 19.7. The van der Waals surface area contributed by atoms with Gasteiger partial charge in [-0.2, -0.15) is 0 Å². The van der Waals surface area contributed by atoms with Gasteiger partial charge in [0.25, 0.3) is 0 Å². The first-order valence-corrected chi connectivity index (χ1v) is 7.72. The normalized spacial score (nSPS) is 23.1. The summed E-state index contributed by atoms with van der Waals surface area (Å²) in [5, 5.41) is 3.30. The van der Waals surface area contributed by atoms with Crippen LogP contribution < -0.4 is 10.1 Å². The van der Waals surface area contributed by atoms with Gasteiger partial charge in [0.05, 0.1) is 6.10 Å². The molecule has 1 aromatic carbocycles. The zero-order valence-electron chi connectivity index (χ0n) is 12.8. The maximum atomic E-state index is 13.7. The third-order valence-corrected chi connectivity index (χ3v) is 3.84. The molecule has 0 aromatic heterocycles. The van der Waals surface area contributed by atoms with Gasteiger partial charge in [0.1, 0.15) is 11.6 Å². The van der Waals surface area contributed by atoms with E-state index in [0.717, 1.165) is 18.4 Å². The Kier molecular flexibility index (Phi) is 5.41. The molecule has 112 valence electrons. The molecule has 0 radical (unpaired) electrons. The Bertz CT molecular complexity index is 433. The number of hydrogen-bond donors (Lipinski definition) is 1. The van der Waals surface area contributed by atoms with Crippen LogP contribution in [0.2, 0.25) is 0 Å². The van der Waals surface area contributed by atoms with Crippen LogP contribution in [-0.4, -0.2) is 12.1 Å². The van der Waals surface area contributed by atoms with Gasteiger partial charge in [-0.1, -0.05) is 27.2 Å². The predicted octanol–water partition coefficient (Wildman–Crippen LogP) is 4.28. The lowest BCUT2D eigenvalue weighted by Crippen LogP contribution is -2.24. The minimum Gasteiger partial charge on any atom is -0.490 e. The second-order valence-corrected chi connectivity index (χ2v) is 6.34. The van der Waals surface area contributed by atoms with Crippen molar-refractivity contribution in [2.24, 2.45) is 5.92 Å². The minimum atomic E-state index is -0.216. The fourth-order valence-electron chi connectivity index (χ4n) is 2.79. The molecule has 1 aliphatic rings. The number of ether oxygens (including phenoxy) is 1. The zero-order chi connectivity index (χ0) is 14.5. The first-order valence-electron chi connectivity index (χ1n) is 7.72. The Balaban J connectivity index is 1.99. The second kappa shape index (κ2) is 7.07. The zero-order valence-corrected chi connectivity index (χ0v) is 12.8. The van der Waals surface area contributed by atoms with Gasteiger partial charge in [-0.05, 0) is 42.9 Å². The molecule has 1 fully saturated rings. The van der Waals surface area contributed by atoms with Crippen molar-refractivity contribution in [3.8, 4) is 5.75 Å². The van der Waals surface area contributed by atoms with Crippen LogP contribution in [0.4, 0.5) is 4.39 Å². The van der Waals surface area contributed by atoms with E-state index in [2.05, 4.69) is 26.1 Å². The van der Waals surface area contributed by atoms with E-state index < -0.39 is 0 Å². The summed E-state index contributed by atoms with van der Waals surface area (Å²) in [5.41, 5.74) is 0.942. The minimum absolute atomic E-state index is 0.216. The highest BCUT2D eigenvalue weighted by atomic mass is 19.1. The van der Waals surface area contributed by atoms with Crippen molar-refractivity contribution in [2.45, 2.75) is 65.1 Å². The lowest BCUT2D eigenvalue weighted by atomic mass is 9.89. The fourth-order valence-corrected chi connectivity index (χ4v) is 2.79. The Morgan fingerprint density at radius 2 is 2.10 bits per heavy atom. The van der Waals surface area contributed by atoms with Crippen molar-refractivity contribution >= 4 is 0 Å². The molecule has 2 unspecified atom stereocenters. The first kappa shape index (κ1) is 15.3. The molecule has 2 atom stereocenters. The number of rotatable bonds is 5. The maximum Gasteiger partial charge on any atom is 0.127 e. The molecular formula is C17H26FNO. The van der Waals surface area contributed by atoms with Crippen LogP contribution >= 0.6 is 0 Å². The van der Waals surface area contributed by atoms with Crippen LogP contribution in [-0.2, 0) is 6.54 Å². The molecule has 1 saturated carbocycles. The molecular weight excluding hydrogens is 253 g/mol. The Morgan fingerprint density at radius 1 is 1.30 bits per heavy atom. The van der Waals surface area contributed by atoms with Crippen molar-refractivity contribution in [1.29, 1.82) is 0 Å². The molecule has 2 rings (SSSR count). The Morgan fingerprint density at radius 3 is 2.80 bits per heavy atom. The van der Waals surface area contributed by atoms with Gasteiger partial charge in [0.2, 0.25) is 0 Å². The quantitative estimate of drug-likeness (QED) is 0.868. The van der Waals surface area contributed by atoms with E-state index in [1.807, 2.05) is 6.07 Å². The summed E-state index contributed by atoms with van der Waals surface area (Å²) in [6, 6.07) is 5.42. The molecule has 1 aromatic rings. The topological polar surface area (TPSA) is 21.3 Å². The average Bonchev–Trinajstić information content (AvgIpc) is 2.35. The number of nitrogens with one attached hydrogen (secondary N) is 1. The van der Waals surface area contributed by atoms with Crippen LogP contribution in [0.1, 0.15) is 52.0 Å². The predicted molar refractivity (Wildman–Crippen MR) is 80.4 cm³/mol. The van der Waals surface area contributed by atoms with Crippen LogP contribution in [0.5, 0.6) is 5.75 Å². The molecule has 0 saturated heterocycles. The van der Waals surface area contributed by atoms with E-state index in [1.165, 1.54) is 18.9 Å². The monoisotopic (exact) mass is 279 g/mol. The third kappa shape index (κ3) is 4.78. The van der Waals surface area contributed by atoms with Gasteiger partial charge in [-0.15, -0.1) is 0 Å². The third-order valence-electron chi connectivity index (χ3n) is 3.84. The van der Waals surface area contributed by atoms with E-state index in [9.17, 15) is 4.39 Å². The van der Waals surface area contributed by atoms with E-state index in [0.29, 0.717) is 24.3 Å². The SMILES string of the molecule is CC1CCCC(Oc2cc(F)cc(CNC(C)C)c2)C1. The molecule has 0 bridgehead atoms. The molecule has 1 aliphatic carbocycles. The van der Waals surface area contributed by atoms with Crippen LogP contribution in [0.3, 0.4) is 0 Å². The summed E-state index contributed by atoms with van der Waals surface area (Å²) in [7, 11) is 0. The van der Waals surface area contributed by atoms with Crippen LogP contribution in [0.25, 0.3) is 0 Å². The summed E-state index contributed by atoms with van der Waals surface area (Å²) in [5.74, 6) is 1.17. The van der Waals surface area contributed by atoms with Crippen molar-refractivity contribution in [3.05, 3.63) is 29.6 Å². The van der Waals surface area contributed by atoms with E-state index in [-0.39, 0.29) is 11.9 Å². The highest BCUT2D eigenvalue weighted by molar-refractivity contribution is 5.30. The summed E-state index contributed by atoms with van der Waals surface area (Å²) in [6.45, 7) is 7.10. The molecule has 0 aliphatic heterocycles. The fraction of sp³-hybridized carbons (Fsp3) is 0.647. The van der Waals surface area contributed by atoms with Crippen LogP contribution in [0, 0.1) is 11.7 Å². The van der Waals surface area contributed by atoms with Gasteiger partial charge in [0.15, 0.2) is 0 Å². The molecule has 2 nitrogen and oxygen atoms in total. The van der Waals surface area contributed by atoms with Crippen molar-refractivity contribution in [2.75, 3.05) is 0 Å². The molecule has 0 heterocycles. The van der Waals surface area contributed by atoms with E-state index >= 15 is 0 Å². The van der Waals surface area contributed by atoms with Crippen LogP contribution in [0.15, 0.2) is 18.2 Å². The van der Waals surface area contributed by atoms with Gasteiger partial charge in [-0.25, -0.2) is 4.39 Å². The smallest absolute Gasteiger partial charge is 0.127 e. The number of halogens is 1. The van der Waals surface area contributed by atoms with Gasteiger partial charge in [0, 0.05) is 18.7 Å². The summed E-state index contributed by atoms with van der Waals surface area (Å²) in [6.07, 6.45) is 4.90.